The van der Waals surface area contributed by atoms with Crippen LogP contribution < -0.4 is 10.2 Å². The summed E-state index contributed by atoms with van der Waals surface area (Å²) in [4.78, 5) is 13.0. The van der Waals surface area contributed by atoms with E-state index < -0.39 is 0 Å². The minimum Gasteiger partial charge on any atom is -0.376 e. The molecule has 1 amide bonds. The van der Waals surface area contributed by atoms with Crippen LogP contribution in [0.5, 0.6) is 0 Å². The van der Waals surface area contributed by atoms with Crippen LogP contribution in [-0.4, -0.2) is 31.3 Å². The monoisotopic (exact) mass is 220 g/mol. The number of hydrogen-bond acceptors (Lipinski definition) is 3. The van der Waals surface area contributed by atoms with Gasteiger partial charge >= 0.3 is 0 Å². The number of rotatable bonds is 4. The Morgan fingerprint density at radius 1 is 1.50 bits per heavy atom. The fraction of sp³-hybridized carbons (Fsp3) is 0.417. The maximum atomic E-state index is 11.5. The van der Waals surface area contributed by atoms with Crippen molar-refractivity contribution in [3.05, 3.63) is 29.3 Å². The van der Waals surface area contributed by atoms with Gasteiger partial charge in [-0.2, -0.15) is 0 Å². The SMILES string of the molecule is CNCCc1ccc2c(c1)CC(=O)N2CO. The van der Waals surface area contributed by atoms with Crippen molar-refractivity contribution in [2.24, 2.45) is 0 Å². The summed E-state index contributed by atoms with van der Waals surface area (Å²) in [5.41, 5.74) is 3.09. The van der Waals surface area contributed by atoms with E-state index in [2.05, 4.69) is 11.4 Å². The summed E-state index contributed by atoms with van der Waals surface area (Å²) in [6.07, 6.45) is 1.36. The summed E-state index contributed by atoms with van der Waals surface area (Å²) >= 11 is 0. The topological polar surface area (TPSA) is 52.6 Å². The summed E-state index contributed by atoms with van der Waals surface area (Å²) in [6.45, 7) is 0.693. The van der Waals surface area contributed by atoms with Gasteiger partial charge in [-0.3, -0.25) is 9.69 Å². The smallest absolute Gasteiger partial charge is 0.233 e. The summed E-state index contributed by atoms with van der Waals surface area (Å²) in [6, 6.07) is 5.99. The highest BCUT2D eigenvalue weighted by molar-refractivity contribution is 6.01. The molecule has 0 atom stereocenters. The van der Waals surface area contributed by atoms with Crippen molar-refractivity contribution in [1.82, 2.24) is 5.32 Å². The third kappa shape index (κ3) is 1.94. The molecular weight excluding hydrogens is 204 g/mol. The van der Waals surface area contributed by atoms with Gasteiger partial charge in [0.2, 0.25) is 5.91 Å². The minimum atomic E-state index is -0.234. The molecule has 1 heterocycles. The molecule has 86 valence electrons. The van der Waals surface area contributed by atoms with Crippen molar-refractivity contribution in [3.8, 4) is 0 Å². The molecule has 4 nitrogen and oxygen atoms in total. The van der Waals surface area contributed by atoms with E-state index in [1.807, 2.05) is 19.2 Å². The number of nitrogens with one attached hydrogen (secondary N) is 1. The Balaban J connectivity index is 2.22. The molecule has 0 unspecified atom stereocenters. The second-order valence-corrected chi connectivity index (χ2v) is 3.96. The fourth-order valence-corrected chi connectivity index (χ4v) is 2.02. The van der Waals surface area contributed by atoms with Gasteiger partial charge in [-0.25, -0.2) is 0 Å². The highest BCUT2D eigenvalue weighted by Crippen LogP contribution is 2.29. The van der Waals surface area contributed by atoms with Crippen LogP contribution in [0, 0.1) is 0 Å². The van der Waals surface area contributed by atoms with Crippen LogP contribution in [0.1, 0.15) is 11.1 Å². The number of fused-ring (bicyclic) bond motifs is 1. The van der Waals surface area contributed by atoms with Gasteiger partial charge in [0.05, 0.1) is 6.42 Å². The van der Waals surface area contributed by atoms with Crippen molar-refractivity contribution in [3.63, 3.8) is 0 Å². The van der Waals surface area contributed by atoms with Crippen LogP contribution in [0.3, 0.4) is 0 Å². The maximum Gasteiger partial charge on any atom is 0.233 e. The van der Waals surface area contributed by atoms with Crippen LogP contribution >= 0.6 is 0 Å². The predicted molar refractivity (Wildman–Crippen MR) is 62.3 cm³/mol. The van der Waals surface area contributed by atoms with Crippen LogP contribution in [0.25, 0.3) is 0 Å². The molecule has 2 rings (SSSR count). The number of nitrogens with zero attached hydrogens (tertiary/aromatic N) is 1. The number of amides is 1. The fourth-order valence-electron chi connectivity index (χ4n) is 2.02. The Morgan fingerprint density at radius 3 is 3.00 bits per heavy atom. The minimum absolute atomic E-state index is 0.0248. The van der Waals surface area contributed by atoms with E-state index in [1.54, 1.807) is 0 Å². The molecular formula is C12H16N2O2. The Kier molecular flexibility index (Phi) is 3.22. The molecule has 1 aromatic rings. The van der Waals surface area contributed by atoms with E-state index in [9.17, 15) is 4.79 Å². The molecule has 0 aromatic heterocycles. The van der Waals surface area contributed by atoms with Gasteiger partial charge in [-0.15, -0.1) is 0 Å². The molecule has 16 heavy (non-hydrogen) atoms. The van der Waals surface area contributed by atoms with Gasteiger partial charge in [-0.05, 0) is 37.2 Å². The van der Waals surface area contributed by atoms with Crippen molar-refractivity contribution >= 4 is 11.6 Å². The number of benzene rings is 1. The first-order valence-electron chi connectivity index (χ1n) is 5.44. The Morgan fingerprint density at radius 2 is 2.31 bits per heavy atom. The van der Waals surface area contributed by atoms with Gasteiger partial charge in [-0.1, -0.05) is 12.1 Å². The zero-order valence-electron chi connectivity index (χ0n) is 9.36. The molecule has 0 fully saturated rings. The van der Waals surface area contributed by atoms with E-state index in [4.69, 9.17) is 5.11 Å². The zero-order chi connectivity index (χ0) is 11.5. The normalized spacial score (nSPS) is 14.4. The molecule has 1 aliphatic rings. The Bertz CT molecular complexity index is 404. The Hall–Kier alpha value is -1.39. The first kappa shape index (κ1) is 11.1. The standard InChI is InChI=1S/C12H16N2O2/c1-13-5-4-9-2-3-11-10(6-9)7-12(16)14(11)8-15/h2-3,6,13,15H,4-5,7-8H2,1H3. The van der Waals surface area contributed by atoms with E-state index in [0.717, 1.165) is 24.2 Å². The quantitative estimate of drug-likeness (QED) is 0.766. The summed E-state index contributed by atoms with van der Waals surface area (Å²) in [5.74, 6) is -0.0248. The molecule has 0 aliphatic carbocycles. The largest absolute Gasteiger partial charge is 0.376 e. The van der Waals surface area contributed by atoms with Crippen LogP contribution in [0.2, 0.25) is 0 Å². The van der Waals surface area contributed by atoms with Gasteiger partial charge in [0.25, 0.3) is 0 Å². The first-order valence-corrected chi connectivity index (χ1v) is 5.44. The van der Waals surface area contributed by atoms with Crippen LogP contribution in [0.15, 0.2) is 18.2 Å². The van der Waals surface area contributed by atoms with E-state index in [0.29, 0.717) is 6.42 Å². The molecule has 0 spiro atoms. The lowest BCUT2D eigenvalue weighted by molar-refractivity contribution is -0.118. The number of aliphatic hydroxyl groups excluding tert-OH is 1. The lowest BCUT2D eigenvalue weighted by Gasteiger charge is -2.13. The van der Waals surface area contributed by atoms with Gasteiger partial charge in [0.15, 0.2) is 0 Å². The highest BCUT2D eigenvalue weighted by atomic mass is 16.3. The third-order valence-corrected chi connectivity index (χ3v) is 2.88. The van der Waals surface area contributed by atoms with Gasteiger partial charge in [0.1, 0.15) is 6.73 Å². The molecule has 0 saturated carbocycles. The first-order chi connectivity index (χ1) is 7.76. The zero-order valence-corrected chi connectivity index (χ0v) is 9.36. The molecule has 0 radical (unpaired) electrons. The maximum absolute atomic E-state index is 11.5. The van der Waals surface area contributed by atoms with E-state index in [1.165, 1.54) is 10.5 Å². The van der Waals surface area contributed by atoms with Gasteiger partial charge < -0.3 is 10.4 Å². The lowest BCUT2D eigenvalue weighted by atomic mass is 10.1. The number of carbonyl (C=O) groups is 1. The van der Waals surface area contributed by atoms with Crippen molar-refractivity contribution in [1.29, 1.82) is 0 Å². The predicted octanol–water partition coefficient (Wildman–Crippen LogP) is 0.287. The van der Waals surface area contributed by atoms with Crippen LogP contribution in [-0.2, 0) is 17.6 Å². The van der Waals surface area contributed by atoms with Crippen molar-refractivity contribution in [2.75, 3.05) is 25.2 Å². The average molecular weight is 220 g/mol. The average Bonchev–Trinajstić information content (AvgIpc) is 2.60. The lowest BCUT2D eigenvalue weighted by Crippen LogP contribution is -2.27. The molecule has 0 saturated heterocycles. The Labute approximate surface area is 94.9 Å². The number of carbonyl (C=O) groups excluding carboxylic acids is 1. The second kappa shape index (κ2) is 4.63. The molecule has 0 bridgehead atoms. The van der Waals surface area contributed by atoms with Crippen molar-refractivity contribution in [2.45, 2.75) is 12.8 Å². The van der Waals surface area contributed by atoms with Crippen LogP contribution in [0.4, 0.5) is 5.69 Å². The number of likely N-dealkylation sites (N-methyl/N-ethyl adjacent to an activating group) is 1. The van der Waals surface area contributed by atoms with Gasteiger partial charge in [0, 0.05) is 5.69 Å². The number of hydrogen-bond donors (Lipinski definition) is 2. The highest BCUT2D eigenvalue weighted by Gasteiger charge is 2.26. The van der Waals surface area contributed by atoms with E-state index >= 15 is 0 Å². The van der Waals surface area contributed by atoms with E-state index in [-0.39, 0.29) is 12.6 Å². The molecule has 1 aliphatic heterocycles. The summed E-state index contributed by atoms with van der Waals surface area (Å²) < 4.78 is 0. The molecule has 1 aromatic carbocycles. The van der Waals surface area contributed by atoms with Crippen molar-refractivity contribution < 1.29 is 9.90 Å². The summed E-state index contributed by atoms with van der Waals surface area (Å²) in [5, 5.41) is 12.2. The number of anilines is 1. The second-order valence-electron chi connectivity index (χ2n) is 3.96. The molecule has 2 N–H and O–H groups in total. The summed E-state index contributed by atoms with van der Waals surface area (Å²) in [7, 11) is 1.92. The molecule has 4 heteroatoms. The third-order valence-electron chi connectivity index (χ3n) is 2.88. The number of aliphatic hydroxyl groups is 1.